The van der Waals surface area contributed by atoms with Crippen molar-refractivity contribution in [1.29, 1.82) is 0 Å². The van der Waals surface area contributed by atoms with Crippen LogP contribution in [0.1, 0.15) is 0 Å². The van der Waals surface area contributed by atoms with Gasteiger partial charge in [-0.3, -0.25) is 4.79 Å². The Morgan fingerprint density at radius 1 is 1.44 bits per heavy atom. The first kappa shape index (κ1) is 12.6. The van der Waals surface area contributed by atoms with E-state index in [0.29, 0.717) is 12.1 Å². The SMILES string of the molecule is O=CNc1ccc(OCC(F)(F)F)c(Cl)c1. The van der Waals surface area contributed by atoms with Crippen LogP contribution in [0.25, 0.3) is 0 Å². The van der Waals surface area contributed by atoms with Crippen molar-refractivity contribution >= 4 is 23.7 Å². The number of hydrogen-bond acceptors (Lipinski definition) is 2. The number of carbonyl (C=O) groups is 1. The van der Waals surface area contributed by atoms with Crippen LogP contribution in [0.4, 0.5) is 18.9 Å². The van der Waals surface area contributed by atoms with E-state index in [1.807, 2.05) is 0 Å². The number of nitrogens with one attached hydrogen (secondary N) is 1. The van der Waals surface area contributed by atoms with Crippen LogP contribution >= 0.6 is 11.6 Å². The summed E-state index contributed by atoms with van der Waals surface area (Å²) in [7, 11) is 0. The first-order valence-electron chi connectivity index (χ1n) is 4.11. The summed E-state index contributed by atoms with van der Waals surface area (Å²) in [6.45, 7) is -1.41. The maximum Gasteiger partial charge on any atom is 0.422 e. The zero-order chi connectivity index (χ0) is 12.2. The van der Waals surface area contributed by atoms with Gasteiger partial charge in [-0.15, -0.1) is 0 Å². The third kappa shape index (κ3) is 3.98. The summed E-state index contributed by atoms with van der Waals surface area (Å²) in [4.78, 5) is 10.1. The van der Waals surface area contributed by atoms with E-state index in [-0.39, 0.29) is 10.8 Å². The Hall–Kier alpha value is -1.43. The second-order valence-corrected chi connectivity index (χ2v) is 3.22. The fraction of sp³-hybridized carbons (Fsp3) is 0.222. The minimum absolute atomic E-state index is 0.00361. The van der Waals surface area contributed by atoms with Gasteiger partial charge >= 0.3 is 6.18 Å². The Morgan fingerprint density at radius 3 is 2.62 bits per heavy atom. The minimum atomic E-state index is -4.41. The molecule has 0 spiro atoms. The van der Waals surface area contributed by atoms with Crippen LogP contribution in [0, 0.1) is 0 Å². The molecule has 1 aromatic rings. The fourth-order valence-corrected chi connectivity index (χ4v) is 1.17. The zero-order valence-corrected chi connectivity index (χ0v) is 8.60. The molecule has 1 aromatic carbocycles. The van der Waals surface area contributed by atoms with Crippen LogP contribution in [0.2, 0.25) is 5.02 Å². The van der Waals surface area contributed by atoms with E-state index < -0.39 is 12.8 Å². The van der Waals surface area contributed by atoms with Gasteiger partial charge in [0.05, 0.1) is 5.02 Å². The summed E-state index contributed by atoms with van der Waals surface area (Å²) in [5, 5.41) is 2.30. The average Bonchev–Trinajstić information content (AvgIpc) is 2.15. The minimum Gasteiger partial charge on any atom is -0.483 e. The van der Waals surface area contributed by atoms with Gasteiger partial charge in [0, 0.05) is 5.69 Å². The normalized spacial score (nSPS) is 11.0. The smallest absolute Gasteiger partial charge is 0.422 e. The molecule has 0 aliphatic rings. The molecule has 0 atom stereocenters. The number of carbonyl (C=O) groups excluding carboxylic acids is 1. The van der Waals surface area contributed by atoms with E-state index in [1.54, 1.807) is 0 Å². The molecule has 0 bridgehead atoms. The topological polar surface area (TPSA) is 38.3 Å². The third-order valence-electron chi connectivity index (χ3n) is 1.55. The van der Waals surface area contributed by atoms with Crippen LogP contribution < -0.4 is 10.1 Å². The Bertz CT molecular complexity index is 382. The van der Waals surface area contributed by atoms with Crippen LogP contribution in [0.15, 0.2) is 18.2 Å². The molecule has 1 rings (SSSR count). The number of anilines is 1. The van der Waals surface area contributed by atoms with Gasteiger partial charge in [0.25, 0.3) is 0 Å². The summed E-state index contributed by atoms with van der Waals surface area (Å²) < 4.78 is 40.0. The van der Waals surface area contributed by atoms with E-state index >= 15 is 0 Å². The van der Waals surface area contributed by atoms with Crippen molar-refractivity contribution in [3.05, 3.63) is 23.2 Å². The molecule has 88 valence electrons. The van der Waals surface area contributed by atoms with E-state index in [1.165, 1.54) is 18.2 Å². The van der Waals surface area contributed by atoms with Gasteiger partial charge in [-0.1, -0.05) is 11.6 Å². The molecule has 0 aromatic heterocycles. The van der Waals surface area contributed by atoms with Crippen LogP contribution in [0.3, 0.4) is 0 Å². The lowest BCUT2D eigenvalue weighted by atomic mass is 10.3. The highest BCUT2D eigenvalue weighted by molar-refractivity contribution is 6.32. The van der Waals surface area contributed by atoms with Crippen LogP contribution in [0.5, 0.6) is 5.75 Å². The van der Waals surface area contributed by atoms with Crippen molar-refractivity contribution in [2.24, 2.45) is 0 Å². The van der Waals surface area contributed by atoms with Gasteiger partial charge in [-0.2, -0.15) is 13.2 Å². The highest BCUT2D eigenvalue weighted by Gasteiger charge is 2.28. The highest BCUT2D eigenvalue weighted by atomic mass is 35.5. The van der Waals surface area contributed by atoms with Crippen molar-refractivity contribution < 1.29 is 22.7 Å². The number of benzene rings is 1. The zero-order valence-electron chi connectivity index (χ0n) is 7.84. The van der Waals surface area contributed by atoms with Gasteiger partial charge in [0.15, 0.2) is 6.61 Å². The molecule has 16 heavy (non-hydrogen) atoms. The molecule has 0 fully saturated rings. The maximum atomic E-state index is 11.8. The molecule has 7 heteroatoms. The average molecular weight is 254 g/mol. The summed E-state index contributed by atoms with van der Waals surface area (Å²) in [5.41, 5.74) is 0.374. The number of ether oxygens (including phenoxy) is 1. The van der Waals surface area contributed by atoms with E-state index in [2.05, 4.69) is 10.1 Å². The summed E-state index contributed by atoms with van der Waals surface area (Å²) in [6, 6.07) is 3.92. The van der Waals surface area contributed by atoms with Crippen molar-refractivity contribution in [1.82, 2.24) is 0 Å². The molecule has 3 nitrogen and oxygen atoms in total. The van der Waals surface area contributed by atoms with Crippen molar-refractivity contribution in [2.45, 2.75) is 6.18 Å². The molecular weight excluding hydrogens is 247 g/mol. The molecule has 0 aliphatic carbocycles. The predicted octanol–water partition coefficient (Wildman–Crippen LogP) is 2.85. The largest absolute Gasteiger partial charge is 0.483 e. The second-order valence-electron chi connectivity index (χ2n) is 2.81. The number of hydrogen-bond donors (Lipinski definition) is 1. The quantitative estimate of drug-likeness (QED) is 0.838. The van der Waals surface area contributed by atoms with E-state index in [4.69, 9.17) is 11.6 Å². The monoisotopic (exact) mass is 253 g/mol. The van der Waals surface area contributed by atoms with Gasteiger partial charge in [-0.25, -0.2) is 0 Å². The summed E-state index contributed by atoms with van der Waals surface area (Å²) in [5.74, 6) is -0.0876. The third-order valence-corrected chi connectivity index (χ3v) is 1.84. The Labute approximate surface area is 94.2 Å². The maximum absolute atomic E-state index is 11.8. The summed E-state index contributed by atoms with van der Waals surface area (Å²) >= 11 is 5.65. The van der Waals surface area contributed by atoms with Crippen LogP contribution in [-0.4, -0.2) is 19.2 Å². The molecule has 0 unspecified atom stereocenters. The Kier molecular flexibility index (Phi) is 4.00. The predicted molar refractivity (Wildman–Crippen MR) is 52.7 cm³/mol. The Balaban J connectivity index is 2.71. The molecule has 1 amide bonds. The lowest BCUT2D eigenvalue weighted by molar-refractivity contribution is -0.153. The fourth-order valence-electron chi connectivity index (χ4n) is 0.935. The Morgan fingerprint density at radius 2 is 2.12 bits per heavy atom. The number of amides is 1. The van der Waals surface area contributed by atoms with E-state index in [9.17, 15) is 18.0 Å². The van der Waals surface area contributed by atoms with Gasteiger partial charge in [0.2, 0.25) is 6.41 Å². The number of halogens is 4. The lowest BCUT2D eigenvalue weighted by Gasteiger charge is -2.11. The number of alkyl halides is 3. The first-order chi connectivity index (χ1) is 7.42. The molecule has 0 radical (unpaired) electrons. The van der Waals surface area contributed by atoms with Crippen molar-refractivity contribution in [3.63, 3.8) is 0 Å². The first-order valence-corrected chi connectivity index (χ1v) is 4.49. The molecule has 0 saturated heterocycles. The molecule has 0 heterocycles. The highest BCUT2D eigenvalue weighted by Crippen LogP contribution is 2.28. The van der Waals surface area contributed by atoms with Gasteiger partial charge in [0.1, 0.15) is 5.75 Å². The molecule has 1 N–H and O–H groups in total. The molecule has 0 saturated carbocycles. The second kappa shape index (κ2) is 5.07. The van der Waals surface area contributed by atoms with E-state index in [0.717, 1.165) is 0 Å². The van der Waals surface area contributed by atoms with Crippen molar-refractivity contribution in [2.75, 3.05) is 11.9 Å². The van der Waals surface area contributed by atoms with Gasteiger partial charge < -0.3 is 10.1 Å². The molecule has 0 aliphatic heterocycles. The van der Waals surface area contributed by atoms with Crippen LogP contribution in [-0.2, 0) is 4.79 Å². The van der Waals surface area contributed by atoms with Gasteiger partial charge in [-0.05, 0) is 18.2 Å². The number of rotatable bonds is 4. The van der Waals surface area contributed by atoms with Crippen molar-refractivity contribution in [3.8, 4) is 5.75 Å². The standard InChI is InChI=1S/C9H7ClF3NO2/c10-7-3-6(14-5-15)1-2-8(7)16-4-9(11,12)13/h1-3,5H,4H2,(H,14,15). The lowest BCUT2D eigenvalue weighted by Crippen LogP contribution is -2.19. The molecular formula is C9H7ClF3NO2. The summed E-state index contributed by atoms with van der Waals surface area (Å²) in [6.07, 6.45) is -3.98.